The van der Waals surface area contributed by atoms with Crippen molar-refractivity contribution in [3.05, 3.63) is 35.6 Å². The fourth-order valence-electron chi connectivity index (χ4n) is 1.75. The summed E-state index contributed by atoms with van der Waals surface area (Å²) >= 11 is 7.45. The molecule has 0 aliphatic carbocycles. The summed E-state index contributed by atoms with van der Waals surface area (Å²) in [4.78, 5) is 16.1. The first kappa shape index (κ1) is 15.7. The van der Waals surface area contributed by atoms with Crippen LogP contribution in [0, 0.1) is 0 Å². The molecule has 0 radical (unpaired) electrons. The van der Waals surface area contributed by atoms with Gasteiger partial charge in [-0.1, -0.05) is 23.4 Å². The minimum atomic E-state index is -0.0514. The number of imidazole rings is 1. The predicted molar refractivity (Wildman–Crippen MR) is 87.7 cm³/mol. The lowest BCUT2D eigenvalue weighted by molar-refractivity contribution is -0.116. The summed E-state index contributed by atoms with van der Waals surface area (Å²) < 4.78 is 1.96. The second-order valence-electron chi connectivity index (χ2n) is 4.55. The molecule has 0 aliphatic rings. The fourth-order valence-corrected chi connectivity index (χ4v) is 2.80. The van der Waals surface area contributed by atoms with Crippen molar-refractivity contribution in [3.8, 4) is 0 Å². The molecule has 2 aromatic rings. The number of hydrogen-bond donors (Lipinski definition) is 2. The van der Waals surface area contributed by atoms with E-state index >= 15 is 0 Å². The molecule has 7 heteroatoms. The van der Waals surface area contributed by atoms with Gasteiger partial charge in [-0.25, -0.2) is 4.98 Å². The van der Waals surface area contributed by atoms with Gasteiger partial charge in [0.25, 0.3) is 0 Å². The van der Waals surface area contributed by atoms with Crippen molar-refractivity contribution in [2.24, 2.45) is 7.05 Å². The number of nitrogens with two attached hydrogens (primary N) is 1. The number of anilines is 2. The number of halogens is 1. The third-order valence-corrected chi connectivity index (χ3v) is 4.22. The van der Waals surface area contributed by atoms with Crippen molar-refractivity contribution in [3.63, 3.8) is 0 Å². The van der Waals surface area contributed by atoms with E-state index < -0.39 is 0 Å². The molecule has 1 aromatic carbocycles. The maximum Gasteiger partial charge on any atom is 0.224 e. The predicted octanol–water partition coefficient (Wildman–Crippen LogP) is 3.17. The van der Waals surface area contributed by atoms with Gasteiger partial charge in [0.1, 0.15) is 0 Å². The minimum absolute atomic E-state index is 0.0514. The number of carbonyl (C=O) groups excluding carboxylic acids is 1. The van der Waals surface area contributed by atoms with E-state index in [1.54, 1.807) is 36.2 Å². The molecule has 0 saturated carbocycles. The first-order chi connectivity index (χ1) is 10.1. The summed E-state index contributed by atoms with van der Waals surface area (Å²) in [5.74, 6) is 0.790. The van der Waals surface area contributed by atoms with Gasteiger partial charge in [-0.2, -0.15) is 0 Å². The number of nitrogens with zero attached hydrogens (tertiary/aromatic N) is 2. The Morgan fingerprint density at radius 3 is 3.00 bits per heavy atom. The highest BCUT2D eigenvalue weighted by molar-refractivity contribution is 7.99. The zero-order valence-electron chi connectivity index (χ0n) is 11.7. The van der Waals surface area contributed by atoms with E-state index in [4.69, 9.17) is 17.3 Å². The highest BCUT2D eigenvalue weighted by Gasteiger charge is 2.06. The normalized spacial score (nSPS) is 10.6. The lowest BCUT2D eigenvalue weighted by Crippen LogP contribution is -2.12. The molecule has 0 atom stereocenters. The lowest BCUT2D eigenvalue weighted by atomic mass is 10.2. The molecular formula is C14H17ClN4OS. The summed E-state index contributed by atoms with van der Waals surface area (Å²) in [6, 6.07) is 5.02. The van der Waals surface area contributed by atoms with Crippen LogP contribution in [0.25, 0.3) is 0 Å². The number of aromatic nitrogens is 2. The zero-order valence-corrected chi connectivity index (χ0v) is 13.2. The van der Waals surface area contributed by atoms with Gasteiger partial charge < -0.3 is 15.6 Å². The highest BCUT2D eigenvalue weighted by Crippen LogP contribution is 2.23. The smallest absolute Gasteiger partial charge is 0.224 e. The van der Waals surface area contributed by atoms with Gasteiger partial charge in [0.15, 0.2) is 5.16 Å². The Morgan fingerprint density at radius 2 is 2.33 bits per heavy atom. The molecule has 0 fully saturated rings. The molecule has 3 N–H and O–H groups in total. The number of rotatable bonds is 6. The van der Waals surface area contributed by atoms with Crippen LogP contribution < -0.4 is 11.1 Å². The van der Waals surface area contributed by atoms with E-state index in [1.165, 1.54) is 0 Å². The molecule has 0 bridgehead atoms. The number of carbonyl (C=O) groups is 1. The first-order valence-corrected chi connectivity index (χ1v) is 7.87. The van der Waals surface area contributed by atoms with Gasteiger partial charge in [0.2, 0.25) is 5.91 Å². The molecule has 21 heavy (non-hydrogen) atoms. The highest BCUT2D eigenvalue weighted by atomic mass is 35.5. The van der Waals surface area contributed by atoms with Crippen LogP contribution in [0.3, 0.4) is 0 Å². The van der Waals surface area contributed by atoms with Crippen LogP contribution >= 0.6 is 23.4 Å². The van der Waals surface area contributed by atoms with Crippen molar-refractivity contribution in [1.82, 2.24) is 9.55 Å². The summed E-state index contributed by atoms with van der Waals surface area (Å²) in [6.45, 7) is 0. The number of nitrogen functional groups attached to an aromatic ring is 1. The van der Waals surface area contributed by atoms with Crippen molar-refractivity contribution >= 4 is 40.6 Å². The van der Waals surface area contributed by atoms with Crippen molar-refractivity contribution in [2.45, 2.75) is 18.0 Å². The van der Waals surface area contributed by atoms with Gasteiger partial charge in [-0.3, -0.25) is 4.79 Å². The van der Waals surface area contributed by atoms with E-state index in [0.29, 0.717) is 22.8 Å². The van der Waals surface area contributed by atoms with E-state index in [2.05, 4.69) is 10.3 Å². The van der Waals surface area contributed by atoms with Gasteiger partial charge >= 0.3 is 0 Å². The standard InChI is InChI=1S/C14H17ClN4OS/c1-19-7-6-17-14(19)21-8-2-3-13(20)18-12-5-4-10(15)9-11(12)16/h4-7,9H,2-3,8,16H2,1H3,(H,18,20). The summed E-state index contributed by atoms with van der Waals surface area (Å²) in [5.41, 5.74) is 6.86. The molecule has 1 amide bonds. The maximum atomic E-state index is 11.8. The monoisotopic (exact) mass is 324 g/mol. The molecule has 1 aromatic heterocycles. The van der Waals surface area contributed by atoms with Crippen molar-refractivity contribution < 1.29 is 4.79 Å². The Bertz CT molecular complexity index is 629. The Labute approximate surface area is 132 Å². The van der Waals surface area contributed by atoms with Gasteiger partial charge in [-0.05, 0) is 24.6 Å². The number of hydrogen-bond acceptors (Lipinski definition) is 4. The van der Waals surface area contributed by atoms with Gasteiger partial charge in [-0.15, -0.1) is 0 Å². The number of nitrogens with one attached hydrogen (secondary N) is 1. The zero-order chi connectivity index (χ0) is 15.2. The number of amides is 1. The summed E-state index contributed by atoms with van der Waals surface area (Å²) in [6.07, 6.45) is 4.88. The van der Waals surface area contributed by atoms with Crippen molar-refractivity contribution in [1.29, 1.82) is 0 Å². The topological polar surface area (TPSA) is 72.9 Å². The van der Waals surface area contributed by atoms with E-state index in [-0.39, 0.29) is 5.91 Å². The molecule has 0 spiro atoms. The number of thioether (sulfide) groups is 1. The Morgan fingerprint density at radius 1 is 1.52 bits per heavy atom. The quantitative estimate of drug-likeness (QED) is 0.486. The average Bonchev–Trinajstić information content (AvgIpc) is 2.84. The Balaban J connectivity index is 1.73. The van der Waals surface area contributed by atoms with E-state index in [1.807, 2.05) is 17.8 Å². The van der Waals surface area contributed by atoms with Crippen LogP contribution in [-0.2, 0) is 11.8 Å². The Kier molecular flexibility index (Phi) is 5.52. The van der Waals surface area contributed by atoms with Crippen LogP contribution in [-0.4, -0.2) is 21.2 Å². The van der Waals surface area contributed by atoms with E-state index in [9.17, 15) is 4.79 Å². The number of benzene rings is 1. The SMILES string of the molecule is Cn1ccnc1SCCCC(=O)Nc1ccc(Cl)cc1N. The average molecular weight is 325 g/mol. The maximum absolute atomic E-state index is 11.8. The Hall–Kier alpha value is -1.66. The van der Waals surface area contributed by atoms with Crippen LogP contribution in [0.15, 0.2) is 35.7 Å². The van der Waals surface area contributed by atoms with Crippen LogP contribution in [0.5, 0.6) is 0 Å². The summed E-state index contributed by atoms with van der Waals surface area (Å²) in [5, 5.41) is 4.30. The van der Waals surface area contributed by atoms with E-state index in [0.717, 1.165) is 17.3 Å². The van der Waals surface area contributed by atoms with Gasteiger partial charge in [0, 0.05) is 36.6 Å². The summed E-state index contributed by atoms with van der Waals surface area (Å²) in [7, 11) is 1.95. The molecule has 1 heterocycles. The first-order valence-electron chi connectivity index (χ1n) is 6.51. The van der Waals surface area contributed by atoms with Gasteiger partial charge in [0.05, 0.1) is 11.4 Å². The molecule has 5 nitrogen and oxygen atoms in total. The van der Waals surface area contributed by atoms with Crippen molar-refractivity contribution in [2.75, 3.05) is 16.8 Å². The van der Waals surface area contributed by atoms with Crippen LogP contribution in [0.2, 0.25) is 5.02 Å². The second kappa shape index (κ2) is 7.38. The van der Waals surface area contributed by atoms with Crippen LogP contribution in [0.4, 0.5) is 11.4 Å². The lowest BCUT2D eigenvalue weighted by Gasteiger charge is -2.08. The molecule has 0 unspecified atom stereocenters. The molecule has 0 saturated heterocycles. The fraction of sp³-hybridized carbons (Fsp3) is 0.286. The third kappa shape index (κ3) is 4.68. The third-order valence-electron chi connectivity index (χ3n) is 2.84. The molecule has 112 valence electrons. The largest absolute Gasteiger partial charge is 0.397 e. The number of aryl methyl sites for hydroxylation is 1. The molecule has 0 aliphatic heterocycles. The molecular weight excluding hydrogens is 308 g/mol. The minimum Gasteiger partial charge on any atom is -0.397 e. The second-order valence-corrected chi connectivity index (χ2v) is 6.05. The van der Waals surface area contributed by atoms with Crippen LogP contribution in [0.1, 0.15) is 12.8 Å². The molecule has 2 rings (SSSR count).